The van der Waals surface area contributed by atoms with Crippen LogP contribution in [0.3, 0.4) is 0 Å². The van der Waals surface area contributed by atoms with Crippen LogP contribution in [-0.2, 0) is 11.2 Å². The van der Waals surface area contributed by atoms with E-state index < -0.39 is 0 Å². The molecule has 0 aliphatic carbocycles. The van der Waals surface area contributed by atoms with Gasteiger partial charge in [0.2, 0.25) is 5.91 Å². The molecule has 1 aromatic carbocycles. The molecule has 2 unspecified atom stereocenters. The van der Waals surface area contributed by atoms with Crippen molar-refractivity contribution in [2.75, 3.05) is 13.6 Å². The molecule has 1 heterocycles. The van der Waals surface area contributed by atoms with Crippen molar-refractivity contribution in [1.82, 2.24) is 4.90 Å². The van der Waals surface area contributed by atoms with Crippen LogP contribution in [-0.4, -0.2) is 35.0 Å². The first kappa shape index (κ1) is 12.8. The van der Waals surface area contributed by atoms with Gasteiger partial charge in [-0.25, -0.2) is 0 Å². The van der Waals surface area contributed by atoms with Crippen LogP contribution in [0.15, 0.2) is 29.2 Å². The Morgan fingerprint density at radius 1 is 1.59 bits per heavy atom. The summed E-state index contributed by atoms with van der Waals surface area (Å²) >= 11 is 7.58. The zero-order valence-electron chi connectivity index (χ0n) is 10.0. The first-order valence-corrected chi connectivity index (χ1v) is 7.03. The van der Waals surface area contributed by atoms with Crippen molar-refractivity contribution >= 4 is 29.3 Å². The lowest BCUT2D eigenvalue weighted by Crippen LogP contribution is -2.37. The molecular weight excluding hydrogens is 254 g/mol. The molecule has 0 saturated heterocycles. The van der Waals surface area contributed by atoms with Crippen molar-refractivity contribution in [2.45, 2.75) is 28.9 Å². The summed E-state index contributed by atoms with van der Waals surface area (Å²) in [6.07, 6.45) is 0.834. The van der Waals surface area contributed by atoms with Crippen molar-refractivity contribution in [3.8, 4) is 0 Å². The fourth-order valence-corrected chi connectivity index (χ4v) is 3.55. The zero-order valence-corrected chi connectivity index (χ0v) is 11.6. The van der Waals surface area contributed by atoms with Gasteiger partial charge in [-0.05, 0) is 25.0 Å². The van der Waals surface area contributed by atoms with E-state index in [9.17, 15) is 4.79 Å². The Morgan fingerprint density at radius 3 is 2.94 bits per heavy atom. The SMILES string of the molecule is CC(Cl)CN(C)C(=O)C1Cc2ccccc2S1. The highest BCUT2D eigenvalue weighted by molar-refractivity contribution is 8.01. The molecule has 0 radical (unpaired) electrons. The monoisotopic (exact) mass is 269 g/mol. The summed E-state index contributed by atoms with van der Waals surface area (Å²) in [5.74, 6) is 0.179. The van der Waals surface area contributed by atoms with Crippen molar-refractivity contribution < 1.29 is 4.79 Å². The van der Waals surface area contributed by atoms with E-state index in [1.165, 1.54) is 10.5 Å². The minimum Gasteiger partial charge on any atom is -0.343 e. The van der Waals surface area contributed by atoms with E-state index in [2.05, 4.69) is 12.1 Å². The van der Waals surface area contributed by atoms with Crippen LogP contribution in [0, 0.1) is 0 Å². The third kappa shape index (κ3) is 2.96. The molecule has 1 amide bonds. The van der Waals surface area contributed by atoms with Crippen LogP contribution >= 0.6 is 23.4 Å². The first-order chi connectivity index (χ1) is 8.08. The lowest BCUT2D eigenvalue weighted by atomic mass is 10.1. The standard InChI is InChI=1S/C13H16ClNOS/c1-9(14)8-15(2)13(16)12-7-10-5-3-4-6-11(10)17-12/h3-6,9,12H,7-8H2,1-2H3. The molecule has 92 valence electrons. The maximum Gasteiger partial charge on any atom is 0.236 e. The van der Waals surface area contributed by atoms with Gasteiger partial charge in [-0.2, -0.15) is 0 Å². The van der Waals surface area contributed by atoms with E-state index in [1.54, 1.807) is 16.7 Å². The molecule has 0 fully saturated rings. The van der Waals surface area contributed by atoms with E-state index in [4.69, 9.17) is 11.6 Å². The van der Waals surface area contributed by atoms with Gasteiger partial charge in [-0.1, -0.05) is 18.2 Å². The summed E-state index contributed by atoms with van der Waals surface area (Å²) in [6, 6.07) is 8.22. The van der Waals surface area contributed by atoms with Gasteiger partial charge >= 0.3 is 0 Å². The molecule has 1 aliphatic rings. The molecule has 0 bridgehead atoms. The molecule has 0 saturated carbocycles. The van der Waals surface area contributed by atoms with E-state index in [-0.39, 0.29) is 16.5 Å². The summed E-state index contributed by atoms with van der Waals surface area (Å²) in [4.78, 5) is 15.2. The first-order valence-electron chi connectivity index (χ1n) is 5.71. The molecule has 0 aromatic heterocycles. The Morgan fingerprint density at radius 2 is 2.29 bits per heavy atom. The summed E-state index contributed by atoms with van der Waals surface area (Å²) in [6.45, 7) is 2.51. The average molecular weight is 270 g/mol. The van der Waals surface area contributed by atoms with E-state index in [1.807, 2.05) is 26.1 Å². The summed E-state index contributed by atoms with van der Waals surface area (Å²) in [5.41, 5.74) is 1.28. The van der Waals surface area contributed by atoms with Crippen molar-refractivity contribution in [3.05, 3.63) is 29.8 Å². The van der Waals surface area contributed by atoms with Crippen LogP contribution in [0.25, 0.3) is 0 Å². The van der Waals surface area contributed by atoms with E-state index >= 15 is 0 Å². The average Bonchev–Trinajstić information content (AvgIpc) is 2.70. The minimum atomic E-state index is -0.00210. The second-order valence-electron chi connectivity index (χ2n) is 4.42. The summed E-state index contributed by atoms with van der Waals surface area (Å²) in [5, 5.41) is 0.0190. The lowest BCUT2D eigenvalue weighted by molar-refractivity contribution is -0.129. The molecule has 2 nitrogen and oxygen atoms in total. The fraction of sp³-hybridized carbons (Fsp3) is 0.462. The van der Waals surface area contributed by atoms with Crippen LogP contribution < -0.4 is 0 Å². The highest BCUT2D eigenvalue weighted by Gasteiger charge is 2.30. The normalized spacial score (nSPS) is 19.8. The van der Waals surface area contributed by atoms with Gasteiger partial charge < -0.3 is 4.90 Å². The van der Waals surface area contributed by atoms with Gasteiger partial charge in [0.1, 0.15) is 0 Å². The van der Waals surface area contributed by atoms with Crippen LogP contribution in [0.5, 0.6) is 0 Å². The van der Waals surface area contributed by atoms with Gasteiger partial charge in [0.05, 0.1) is 5.25 Å². The Balaban J connectivity index is 2.01. The number of alkyl halides is 1. The van der Waals surface area contributed by atoms with Gasteiger partial charge in [-0.15, -0.1) is 23.4 Å². The zero-order chi connectivity index (χ0) is 12.4. The number of benzene rings is 1. The Kier molecular flexibility index (Phi) is 4.00. The van der Waals surface area contributed by atoms with Gasteiger partial charge in [0, 0.05) is 23.9 Å². The predicted molar refractivity (Wildman–Crippen MR) is 72.7 cm³/mol. The van der Waals surface area contributed by atoms with Crippen molar-refractivity contribution in [1.29, 1.82) is 0 Å². The molecule has 4 heteroatoms. The van der Waals surface area contributed by atoms with Crippen LogP contribution in [0.4, 0.5) is 0 Å². The number of halogens is 1. The molecule has 2 rings (SSSR count). The molecule has 0 spiro atoms. The quantitative estimate of drug-likeness (QED) is 0.787. The van der Waals surface area contributed by atoms with Gasteiger partial charge in [0.15, 0.2) is 0 Å². The number of nitrogens with zero attached hydrogens (tertiary/aromatic N) is 1. The molecule has 1 aliphatic heterocycles. The maximum absolute atomic E-state index is 12.2. The highest BCUT2D eigenvalue weighted by Crippen LogP contribution is 2.37. The van der Waals surface area contributed by atoms with Gasteiger partial charge in [-0.3, -0.25) is 4.79 Å². The van der Waals surface area contributed by atoms with Crippen molar-refractivity contribution in [2.24, 2.45) is 0 Å². The molecule has 17 heavy (non-hydrogen) atoms. The summed E-state index contributed by atoms with van der Waals surface area (Å²) in [7, 11) is 1.82. The number of carbonyl (C=O) groups excluding carboxylic acids is 1. The van der Waals surface area contributed by atoms with E-state index in [0.717, 1.165) is 6.42 Å². The topological polar surface area (TPSA) is 20.3 Å². The number of hydrogen-bond donors (Lipinski definition) is 0. The van der Waals surface area contributed by atoms with E-state index in [0.29, 0.717) is 6.54 Å². The molecule has 0 N–H and O–H groups in total. The number of hydrogen-bond acceptors (Lipinski definition) is 2. The smallest absolute Gasteiger partial charge is 0.236 e. The number of carbonyl (C=O) groups is 1. The highest BCUT2D eigenvalue weighted by atomic mass is 35.5. The Hall–Kier alpha value is -0.670. The maximum atomic E-state index is 12.2. The third-order valence-corrected chi connectivity index (χ3v) is 4.27. The third-order valence-electron chi connectivity index (χ3n) is 2.82. The Bertz CT molecular complexity index is 397. The summed E-state index contributed by atoms with van der Waals surface area (Å²) < 4.78 is 0. The molecule has 2 atom stereocenters. The van der Waals surface area contributed by atoms with Crippen LogP contribution in [0.2, 0.25) is 0 Å². The fourth-order valence-electron chi connectivity index (χ4n) is 2.03. The number of amides is 1. The molecular formula is C13H16ClNOS. The Labute approximate surface area is 111 Å². The van der Waals surface area contributed by atoms with Gasteiger partial charge in [0.25, 0.3) is 0 Å². The second kappa shape index (κ2) is 5.32. The number of thioether (sulfide) groups is 1. The lowest BCUT2D eigenvalue weighted by Gasteiger charge is -2.21. The largest absolute Gasteiger partial charge is 0.343 e. The second-order valence-corrected chi connectivity index (χ2v) is 6.41. The minimum absolute atomic E-state index is 0.00210. The predicted octanol–water partition coefficient (Wildman–Crippen LogP) is 2.79. The van der Waals surface area contributed by atoms with Crippen molar-refractivity contribution in [3.63, 3.8) is 0 Å². The number of rotatable bonds is 3. The molecule has 1 aromatic rings. The number of fused-ring (bicyclic) bond motifs is 1. The van der Waals surface area contributed by atoms with Crippen LogP contribution in [0.1, 0.15) is 12.5 Å².